The Balaban J connectivity index is 2.26. The molecule has 3 heteroatoms. The lowest BCUT2D eigenvalue weighted by Gasteiger charge is -2.17. The second kappa shape index (κ2) is 5.14. The van der Waals surface area contributed by atoms with Crippen LogP contribution in [0.5, 0.6) is 0 Å². The molecule has 1 N–H and O–H groups in total. The van der Waals surface area contributed by atoms with Gasteiger partial charge in [0.2, 0.25) is 5.91 Å². The van der Waals surface area contributed by atoms with Crippen molar-refractivity contribution in [1.82, 2.24) is 10.2 Å². The van der Waals surface area contributed by atoms with Crippen molar-refractivity contribution in [3.05, 3.63) is 0 Å². The molecule has 1 rings (SSSR count). The summed E-state index contributed by atoms with van der Waals surface area (Å²) in [5.74, 6) is 0.184. The molecule has 1 aliphatic rings. The lowest BCUT2D eigenvalue weighted by atomic mass is 10.3. The molecular weight excluding hydrogens is 152 g/mol. The van der Waals surface area contributed by atoms with Crippen molar-refractivity contribution in [1.29, 1.82) is 0 Å². The Bertz CT molecular complexity index is 147. The molecule has 12 heavy (non-hydrogen) atoms. The zero-order valence-electron chi connectivity index (χ0n) is 7.81. The molecule has 0 unspecified atom stereocenters. The van der Waals surface area contributed by atoms with Crippen molar-refractivity contribution in [3.8, 4) is 0 Å². The molecule has 70 valence electrons. The van der Waals surface area contributed by atoms with Gasteiger partial charge in [0.1, 0.15) is 0 Å². The maximum atomic E-state index is 11.1. The summed E-state index contributed by atoms with van der Waals surface area (Å²) >= 11 is 0. The summed E-state index contributed by atoms with van der Waals surface area (Å²) < 4.78 is 0. The number of rotatable bonds is 3. The topological polar surface area (TPSA) is 32.3 Å². The number of hydrogen-bond acceptors (Lipinski definition) is 2. The quantitative estimate of drug-likeness (QED) is 0.673. The van der Waals surface area contributed by atoms with Crippen molar-refractivity contribution in [3.63, 3.8) is 0 Å². The van der Waals surface area contributed by atoms with Crippen molar-refractivity contribution in [2.75, 3.05) is 26.2 Å². The van der Waals surface area contributed by atoms with Gasteiger partial charge in [0, 0.05) is 13.1 Å². The first-order valence-corrected chi connectivity index (χ1v) is 4.82. The number of nitrogens with one attached hydrogen (secondary N) is 1. The molecule has 0 spiro atoms. The number of nitrogens with zero attached hydrogens (tertiary/aromatic N) is 1. The van der Waals surface area contributed by atoms with E-state index in [2.05, 4.69) is 17.1 Å². The zero-order valence-corrected chi connectivity index (χ0v) is 7.81. The van der Waals surface area contributed by atoms with Crippen LogP contribution in [-0.4, -0.2) is 37.0 Å². The predicted octanol–water partition coefficient (Wildman–Crippen LogP) is 0.608. The maximum absolute atomic E-state index is 11.1. The average Bonchev–Trinajstić information content (AvgIpc) is 2.26. The highest BCUT2D eigenvalue weighted by Crippen LogP contribution is 1.98. The normalized spacial score (nSPS) is 20.2. The van der Waals surface area contributed by atoms with E-state index in [1.165, 1.54) is 12.8 Å². The third kappa shape index (κ3) is 3.22. The molecule has 0 aromatic carbocycles. The minimum Gasteiger partial charge on any atom is -0.355 e. The molecule has 1 saturated heterocycles. The van der Waals surface area contributed by atoms with Crippen LogP contribution in [0.2, 0.25) is 0 Å². The van der Waals surface area contributed by atoms with Gasteiger partial charge in [-0.05, 0) is 19.4 Å². The van der Waals surface area contributed by atoms with Crippen molar-refractivity contribution >= 4 is 5.91 Å². The van der Waals surface area contributed by atoms with E-state index >= 15 is 0 Å². The first-order chi connectivity index (χ1) is 5.83. The summed E-state index contributed by atoms with van der Waals surface area (Å²) in [7, 11) is 0. The third-order valence-corrected chi connectivity index (χ3v) is 2.17. The van der Waals surface area contributed by atoms with Gasteiger partial charge in [-0.1, -0.05) is 13.3 Å². The summed E-state index contributed by atoms with van der Waals surface area (Å²) in [6.07, 6.45) is 3.50. The van der Waals surface area contributed by atoms with Gasteiger partial charge < -0.3 is 5.32 Å². The minimum atomic E-state index is 0.184. The molecule has 0 atom stereocenters. The molecule has 0 bridgehead atoms. The number of carbonyl (C=O) groups excluding carboxylic acids is 1. The van der Waals surface area contributed by atoms with Crippen LogP contribution in [0.4, 0.5) is 0 Å². The Morgan fingerprint density at radius 2 is 2.42 bits per heavy atom. The van der Waals surface area contributed by atoms with Crippen molar-refractivity contribution in [2.45, 2.75) is 26.2 Å². The van der Waals surface area contributed by atoms with Gasteiger partial charge in [0.15, 0.2) is 0 Å². The van der Waals surface area contributed by atoms with Crippen LogP contribution in [0.3, 0.4) is 0 Å². The molecular formula is C9H18N2O. The molecule has 1 fully saturated rings. The van der Waals surface area contributed by atoms with Gasteiger partial charge >= 0.3 is 0 Å². The first kappa shape index (κ1) is 9.52. The lowest BCUT2D eigenvalue weighted by molar-refractivity contribution is -0.121. The van der Waals surface area contributed by atoms with E-state index in [4.69, 9.17) is 0 Å². The largest absolute Gasteiger partial charge is 0.355 e. The van der Waals surface area contributed by atoms with E-state index in [1.54, 1.807) is 0 Å². The summed E-state index contributed by atoms with van der Waals surface area (Å²) in [6.45, 7) is 5.77. The maximum Gasteiger partial charge on any atom is 0.234 e. The molecule has 0 aliphatic carbocycles. The molecule has 0 aromatic heterocycles. The van der Waals surface area contributed by atoms with E-state index in [9.17, 15) is 4.79 Å². The van der Waals surface area contributed by atoms with Crippen molar-refractivity contribution < 1.29 is 4.79 Å². The Labute approximate surface area is 74.1 Å². The van der Waals surface area contributed by atoms with Crippen LogP contribution in [0.15, 0.2) is 0 Å². The monoisotopic (exact) mass is 170 g/mol. The van der Waals surface area contributed by atoms with Crippen LogP contribution < -0.4 is 5.32 Å². The zero-order chi connectivity index (χ0) is 8.81. The van der Waals surface area contributed by atoms with Gasteiger partial charge in [-0.2, -0.15) is 0 Å². The van der Waals surface area contributed by atoms with E-state index in [0.29, 0.717) is 6.54 Å². The molecule has 3 nitrogen and oxygen atoms in total. The lowest BCUT2D eigenvalue weighted by Crippen LogP contribution is -2.33. The number of carbonyl (C=O) groups is 1. The van der Waals surface area contributed by atoms with Gasteiger partial charge in [0.25, 0.3) is 0 Å². The smallest absolute Gasteiger partial charge is 0.234 e. The second-order valence-electron chi connectivity index (χ2n) is 3.33. The van der Waals surface area contributed by atoms with E-state index < -0.39 is 0 Å². The highest BCUT2D eigenvalue weighted by atomic mass is 16.2. The van der Waals surface area contributed by atoms with E-state index in [0.717, 1.165) is 26.1 Å². The molecule has 0 radical (unpaired) electrons. The molecule has 0 aromatic rings. The standard InChI is InChI=1S/C9H18N2O/c1-2-3-6-11-7-4-5-10-9(12)8-11/h2-8H2,1H3,(H,10,12). The number of hydrogen-bond donors (Lipinski definition) is 1. The Hall–Kier alpha value is -0.570. The van der Waals surface area contributed by atoms with Crippen LogP contribution in [0.25, 0.3) is 0 Å². The van der Waals surface area contributed by atoms with Crippen molar-refractivity contribution in [2.24, 2.45) is 0 Å². The molecule has 1 aliphatic heterocycles. The highest BCUT2D eigenvalue weighted by molar-refractivity contribution is 5.78. The second-order valence-corrected chi connectivity index (χ2v) is 3.33. The molecule has 1 amide bonds. The fraction of sp³-hybridized carbons (Fsp3) is 0.889. The first-order valence-electron chi connectivity index (χ1n) is 4.82. The van der Waals surface area contributed by atoms with Gasteiger partial charge in [-0.25, -0.2) is 0 Å². The average molecular weight is 170 g/mol. The fourth-order valence-corrected chi connectivity index (χ4v) is 1.44. The van der Waals surface area contributed by atoms with Gasteiger partial charge in [-0.3, -0.25) is 9.69 Å². The molecule has 0 saturated carbocycles. The van der Waals surface area contributed by atoms with Crippen LogP contribution in [-0.2, 0) is 4.79 Å². The summed E-state index contributed by atoms with van der Waals surface area (Å²) in [5.41, 5.74) is 0. The highest BCUT2D eigenvalue weighted by Gasteiger charge is 2.12. The Kier molecular flexibility index (Phi) is 4.08. The Morgan fingerprint density at radius 3 is 3.17 bits per heavy atom. The van der Waals surface area contributed by atoms with Gasteiger partial charge in [0.05, 0.1) is 6.54 Å². The fourth-order valence-electron chi connectivity index (χ4n) is 1.44. The van der Waals surface area contributed by atoms with Crippen LogP contribution in [0, 0.1) is 0 Å². The molecule has 1 heterocycles. The van der Waals surface area contributed by atoms with E-state index in [1.807, 2.05) is 0 Å². The minimum absolute atomic E-state index is 0.184. The summed E-state index contributed by atoms with van der Waals surface area (Å²) in [4.78, 5) is 13.3. The van der Waals surface area contributed by atoms with Crippen LogP contribution >= 0.6 is 0 Å². The summed E-state index contributed by atoms with van der Waals surface area (Å²) in [6, 6.07) is 0. The summed E-state index contributed by atoms with van der Waals surface area (Å²) in [5, 5.41) is 2.87. The third-order valence-electron chi connectivity index (χ3n) is 2.17. The number of amides is 1. The number of unbranched alkanes of at least 4 members (excludes halogenated alkanes) is 1. The SMILES string of the molecule is CCCCN1CCCNC(=O)C1. The Morgan fingerprint density at radius 1 is 1.58 bits per heavy atom. The van der Waals surface area contributed by atoms with Crippen LogP contribution in [0.1, 0.15) is 26.2 Å². The van der Waals surface area contributed by atoms with E-state index in [-0.39, 0.29) is 5.91 Å². The predicted molar refractivity (Wildman–Crippen MR) is 49.0 cm³/mol. The van der Waals surface area contributed by atoms with Gasteiger partial charge in [-0.15, -0.1) is 0 Å².